The fourth-order valence-electron chi connectivity index (χ4n) is 2.59. The molecule has 0 heterocycles. The first-order valence-electron chi connectivity index (χ1n) is 8.61. The zero-order chi connectivity index (χ0) is 19.8. The van der Waals surface area contributed by atoms with E-state index >= 15 is 0 Å². The second-order valence-electron chi connectivity index (χ2n) is 6.47. The van der Waals surface area contributed by atoms with E-state index in [0.717, 1.165) is 10.5 Å². The number of hydrogen-bond donors (Lipinski definition) is 2. The van der Waals surface area contributed by atoms with Gasteiger partial charge in [-0.05, 0) is 29.8 Å². The summed E-state index contributed by atoms with van der Waals surface area (Å²) in [5.41, 5.74) is 1.49. The molecule has 0 aromatic heterocycles. The standard InChI is InChI=1S/C20H24FN3O3/c1-23(13-19(25)22-17-5-4-6-18(11-17)27-3)14-20(26)24(2)12-15-7-9-16(21)10-8-15/h4-11H,12-14H2,1-3H3,(H,22,25)/p+1. The molecule has 1 atom stereocenters. The van der Waals surface area contributed by atoms with Gasteiger partial charge in [-0.25, -0.2) is 4.39 Å². The summed E-state index contributed by atoms with van der Waals surface area (Å²) in [6.07, 6.45) is 0. The van der Waals surface area contributed by atoms with Crippen molar-refractivity contribution in [3.8, 4) is 5.75 Å². The second-order valence-corrected chi connectivity index (χ2v) is 6.47. The summed E-state index contributed by atoms with van der Waals surface area (Å²) in [6.45, 7) is 0.735. The number of amides is 2. The maximum atomic E-state index is 12.9. The van der Waals surface area contributed by atoms with Crippen LogP contribution in [0.5, 0.6) is 5.75 Å². The minimum atomic E-state index is -0.307. The molecule has 2 aromatic rings. The molecule has 6 nitrogen and oxygen atoms in total. The first-order chi connectivity index (χ1) is 12.9. The average molecular weight is 374 g/mol. The highest BCUT2D eigenvalue weighted by atomic mass is 19.1. The quantitative estimate of drug-likeness (QED) is 0.723. The molecule has 2 aromatic carbocycles. The van der Waals surface area contributed by atoms with Crippen molar-refractivity contribution in [3.63, 3.8) is 0 Å². The number of quaternary nitrogens is 1. The Morgan fingerprint density at radius 3 is 2.52 bits per heavy atom. The smallest absolute Gasteiger partial charge is 0.279 e. The summed E-state index contributed by atoms with van der Waals surface area (Å²) in [7, 11) is 5.04. The Labute approximate surface area is 158 Å². The Morgan fingerprint density at radius 2 is 1.85 bits per heavy atom. The lowest BCUT2D eigenvalue weighted by molar-refractivity contribution is -0.862. The first-order valence-corrected chi connectivity index (χ1v) is 8.61. The molecule has 0 saturated heterocycles. The molecular formula is C20H25FN3O3+. The fraction of sp³-hybridized carbons (Fsp3) is 0.300. The van der Waals surface area contributed by atoms with E-state index in [1.807, 2.05) is 0 Å². The number of halogens is 1. The average Bonchev–Trinajstić information content (AvgIpc) is 2.63. The molecule has 2 N–H and O–H groups in total. The molecule has 0 aliphatic rings. The SMILES string of the molecule is COc1cccc(NC(=O)C[NH+](C)CC(=O)N(C)Cc2ccc(F)cc2)c1. The number of rotatable bonds is 8. The number of nitrogens with one attached hydrogen (secondary N) is 2. The number of methoxy groups -OCH3 is 1. The molecule has 1 unspecified atom stereocenters. The van der Waals surface area contributed by atoms with Gasteiger partial charge in [0.25, 0.3) is 11.8 Å². The molecule has 144 valence electrons. The third kappa shape index (κ3) is 6.71. The summed E-state index contributed by atoms with van der Waals surface area (Å²) in [5, 5.41) is 2.79. The third-order valence-corrected chi connectivity index (χ3v) is 4.03. The zero-order valence-corrected chi connectivity index (χ0v) is 15.8. The Hall–Kier alpha value is -2.93. The zero-order valence-electron chi connectivity index (χ0n) is 15.8. The van der Waals surface area contributed by atoms with Crippen molar-refractivity contribution in [3.05, 3.63) is 59.9 Å². The van der Waals surface area contributed by atoms with E-state index in [2.05, 4.69) is 5.32 Å². The number of carbonyl (C=O) groups excluding carboxylic acids is 2. The van der Waals surface area contributed by atoms with Crippen LogP contribution in [0.4, 0.5) is 10.1 Å². The van der Waals surface area contributed by atoms with Gasteiger partial charge in [-0.2, -0.15) is 0 Å². The van der Waals surface area contributed by atoms with E-state index in [1.165, 1.54) is 12.1 Å². The highest BCUT2D eigenvalue weighted by Crippen LogP contribution is 2.16. The molecule has 0 aliphatic heterocycles. The molecule has 2 rings (SSSR count). The molecule has 2 amide bonds. The largest absolute Gasteiger partial charge is 0.497 e. The molecule has 0 fully saturated rings. The van der Waals surface area contributed by atoms with Crippen molar-refractivity contribution < 1.29 is 23.6 Å². The Morgan fingerprint density at radius 1 is 1.15 bits per heavy atom. The number of benzene rings is 2. The summed E-state index contributed by atoms with van der Waals surface area (Å²) in [4.78, 5) is 26.8. The van der Waals surface area contributed by atoms with Crippen LogP contribution in [0.2, 0.25) is 0 Å². The number of anilines is 1. The fourth-order valence-corrected chi connectivity index (χ4v) is 2.59. The van der Waals surface area contributed by atoms with Gasteiger partial charge in [0.05, 0.1) is 14.2 Å². The van der Waals surface area contributed by atoms with Crippen LogP contribution in [0.25, 0.3) is 0 Å². The predicted octanol–water partition coefficient (Wildman–Crippen LogP) is 0.946. The minimum Gasteiger partial charge on any atom is -0.497 e. The summed E-state index contributed by atoms with van der Waals surface area (Å²) in [6, 6.07) is 13.1. The molecule has 7 heteroatoms. The molecule has 0 aliphatic carbocycles. The Kier molecular flexibility index (Phi) is 7.31. The van der Waals surface area contributed by atoms with Crippen LogP contribution in [-0.4, -0.2) is 51.0 Å². The van der Waals surface area contributed by atoms with E-state index < -0.39 is 0 Å². The molecular weight excluding hydrogens is 349 g/mol. The molecule has 0 radical (unpaired) electrons. The molecule has 0 spiro atoms. The highest BCUT2D eigenvalue weighted by molar-refractivity contribution is 5.91. The van der Waals surface area contributed by atoms with Gasteiger partial charge >= 0.3 is 0 Å². The van der Waals surface area contributed by atoms with Gasteiger partial charge < -0.3 is 19.9 Å². The van der Waals surface area contributed by atoms with Crippen LogP contribution >= 0.6 is 0 Å². The van der Waals surface area contributed by atoms with E-state index in [4.69, 9.17) is 4.74 Å². The van der Waals surface area contributed by atoms with E-state index in [-0.39, 0.29) is 30.7 Å². The minimum absolute atomic E-state index is 0.0917. The van der Waals surface area contributed by atoms with Crippen LogP contribution < -0.4 is 15.0 Å². The maximum absolute atomic E-state index is 12.9. The van der Waals surface area contributed by atoms with E-state index in [1.54, 1.807) is 62.5 Å². The van der Waals surface area contributed by atoms with Gasteiger partial charge in [0, 0.05) is 25.3 Å². The van der Waals surface area contributed by atoms with Crippen LogP contribution in [-0.2, 0) is 16.1 Å². The van der Waals surface area contributed by atoms with Gasteiger partial charge in [-0.1, -0.05) is 18.2 Å². The van der Waals surface area contributed by atoms with Gasteiger partial charge in [-0.3, -0.25) is 9.59 Å². The first kappa shape index (κ1) is 20.4. The predicted molar refractivity (Wildman–Crippen MR) is 101 cm³/mol. The molecule has 0 bridgehead atoms. The van der Waals surface area contributed by atoms with Gasteiger partial charge in [0.15, 0.2) is 13.1 Å². The molecule has 0 saturated carbocycles. The van der Waals surface area contributed by atoms with Gasteiger partial charge in [-0.15, -0.1) is 0 Å². The second kappa shape index (κ2) is 9.68. The number of ether oxygens (including phenoxy) is 1. The highest BCUT2D eigenvalue weighted by Gasteiger charge is 2.17. The topological polar surface area (TPSA) is 63.1 Å². The number of nitrogens with zero attached hydrogens (tertiary/aromatic N) is 1. The van der Waals surface area contributed by atoms with Crippen molar-refractivity contribution in [1.82, 2.24) is 4.90 Å². The lowest BCUT2D eigenvalue weighted by Gasteiger charge is -2.20. The van der Waals surface area contributed by atoms with Crippen LogP contribution in [0.3, 0.4) is 0 Å². The lowest BCUT2D eigenvalue weighted by atomic mass is 10.2. The van der Waals surface area contributed by atoms with Crippen LogP contribution in [0.15, 0.2) is 48.5 Å². The normalized spacial score (nSPS) is 11.6. The summed E-state index contributed by atoms with van der Waals surface area (Å²) < 4.78 is 18.1. The van der Waals surface area contributed by atoms with Crippen molar-refractivity contribution in [2.24, 2.45) is 0 Å². The monoisotopic (exact) mass is 374 g/mol. The van der Waals surface area contributed by atoms with Crippen molar-refractivity contribution in [2.45, 2.75) is 6.54 Å². The van der Waals surface area contributed by atoms with Gasteiger partial charge in [0.2, 0.25) is 0 Å². The van der Waals surface area contributed by atoms with Crippen LogP contribution in [0.1, 0.15) is 5.56 Å². The number of carbonyl (C=O) groups is 2. The molecule has 27 heavy (non-hydrogen) atoms. The van der Waals surface area contributed by atoms with Crippen molar-refractivity contribution in [2.75, 3.05) is 39.6 Å². The number of likely N-dealkylation sites (N-methyl/N-ethyl adjacent to an activating group) is 2. The Balaban J connectivity index is 1.80. The van der Waals surface area contributed by atoms with Crippen molar-refractivity contribution >= 4 is 17.5 Å². The summed E-state index contributed by atoms with van der Waals surface area (Å²) in [5.74, 6) is 0.0748. The van der Waals surface area contributed by atoms with E-state index in [0.29, 0.717) is 18.0 Å². The lowest BCUT2D eigenvalue weighted by Crippen LogP contribution is -3.11. The summed E-state index contributed by atoms with van der Waals surface area (Å²) >= 11 is 0. The van der Waals surface area contributed by atoms with Gasteiger partial charge in [0.1, 0.15) is 11.6 Å². The third-order valence-electron chi connectivity index (χ3n) is 4.03. The maximum Gasteiger partial charge on any atom is 0.279 e. The Bertz CT molecular complexity index is 780. The number of hydrogen-bond acceptors (Lipinski definition) is 3. The van der Waals surface area contributed by atoms with Crippen molar-refractivity contribution in [1.29, 1.82) is 0 Å². The van der Waals surface area contributed by atoms with E-state index in [9.17, 15) is 14.0 Å². The van der Waals surface area contributed by atoms with Crippen LogP contribution in [0, 0.1) is 5.82 Å².